The van der Waals surface area contributed by atoms with Crippen molar-refractivity contribution in [2.75, 3.05) is 52.5 Å². The van der Waals surface area contributed by atoms with Crippen LogP contribution >= 0.6 is 27.3 Å². The molecular formula is C32H35BrN2O3S. The quantitative estimate of drug-likeness (QED) is 0.224. The number of phenolic OH excluding ortho intramolecular Hbond substituents is 1. The summed E-state index contributed by atoms with van der Waals surface area (Å²) < 4.78 is 13.8. The summed E-state index contributed by atoms with van der Waals surface area (Å²) >= 11 is 5.59. The van der Waals surface area contributed by atoms with Crippen LogP contribution in [0.25, 0.3) is 20.5 Å². The van der Waals surface area contributed by atoms with Crippen LogP contribution in [0.3, 0.4) is 0 Å². The lowest BCUT2D eigenvalue weighted by atomic mass is 9.98. The second-order valence-electron chi connectivity index (χ2n) is 10.5. The fourth-order valence-electron chi connectivity index (χ4n) is 5.58. The van der Waals surface area contributed by atoms with Crippen LogP contribution in [0.2, 0.25) is 0 Å². The minimum absolute atomic E-state index is 0.304. The summed E-state index contributed by atoms with van der Waals surface area (Å²) in [5.41, 5.74) is 5.05. The lowest BCUT2D eigenvalue weighted by Gasteiger charge is -2.27. The normalized spacial score (nSPS) is 16.7. The van der Waals surface area contributed by atoms with Crippen molar-refractivity contribution < 1.29 is 14.6 Å². The zero-order valence-electron chi connectivity index (χ0n) is 22.2. The van der Waals surface area contributed by atoms with E-state index in [4.69, 9.17) is 9.47 Å². The van der Waals surface area contributed by atoms with Gasteiger partial charge in [-0.25, -0.2) is 0 Å². The SMILES string of the molecule is Oc1ccc2c(Cc3ccc(CN4CCOCC4)c(Br)c3)c(-c3ccc(OCCN4CCCC4)cc3)sc2c1. The highest BCUT2D eigenvalue weighted by Gasteiger charge is 2.17. The summed E-state index contributed by atoms with van der Waals surface area (Å²) in [6.07, 6.45) is 3.43. The Hall–Kier alpha value is -2.42. The molecule has 4 aromatic rings. The molecule has 0 unspecified atom stereocenters. The van der Waals surface area contributed by atoms with E-state index >= 15 is 0 Å². The third-order valence-electron chi connectivity index (χ3n) is 7.76. The van der Waals surface area contributed by atoms with Gasteiger partial charge in [0.1, 0.15) is 18.1 Å². The van der Waals surface area contributed by atoms with E-state index in [2.05, 4.69) is 74.3 Å². The van der Waals surface area contributed by atoms with E-state index in [-0.39, 0.29) is 0 Å². The summed E-state index contributed by atoms with van der Waals surface area (Å²) in [7, 11) is 0. The Morgan fingerprint density at radius 3 is 2.46 bits per heavy atom. The second-order valence-corrected chi connectivity index (χ2v) is 12.4. The molecule has 3 aromatic carbocycles. The van der Waals surface area contributed by atoms with Gasteiger partial charge in [0.15, 0.2) is 0 Å². The highest BCUT2D eigenvalue weighted by Crippen LogP contribution is 2.41. The minimum Gasteiger partial charge on any atom is -0.508 e. The van der Waals surface area contributed by atoms with Gasteiger partial charge < -0.3 is 14.6 Å². The predicted molar refractivity (Wildman–Crippen MR) is 163 cm³/mol. The molecule has 6 rings (SSSR count). The van der Waals surface area contributed by atoms with Crippen LogP contribution < -0.4 is 4.74 Å². The first-order chi connectivity index (χ1) is 19.1. The Kier molecular flexibility index (Phi) is 8.51. The standard InChI is InChI=1S/C32H35BrN2O3S/c33-30-20-23(3-4-25(30)22-35-13-16-37-17-14-35)19-29-28-10-7-26(36)21-31(28)39-32(29)24-5-8-27(9-6-24)38-18-15-34-11-1-2-12-34/h3-10,20-21,36H,1-2,11-19,22H2. The number of morpholine rings is 1. The van der Waals surface area contributed by atoms with Crippen LogP contribution in [0, 0.1) is 0 Å². The second kappa shape index (κ2) is 12.4. The van der Waals surface area contributed by atoms with Crippen LogP contribution in [-0.2, 0) is 17.7 Å². The lowest BCUT2D eigenvalue weighted by Crippen LogP contribution is -2.35. The van der Waals surface area contributed by atoms with Gasteiger partial charge in [0.25, 0.3) is 0 Å². The van der Waals surface area contributed by atoms with Crippen molar-refractivity contribution in [1.82, 2.24) is 9.80 Å². The summed E-state index contributed by atoms with van der Waals surface area (Å²) in [5.74, 6) is 1.22. The summed E-state index contributed by atoms with van der Waals surface area (Å²) in [5, 5.41) is 11.4. The average Bonchev–Trinajstić information content (AvgIpc) is 3.59. The third-order valence-corrected chi connectivity index (χ3v) is 9.75. The van der Waals surface area contributed by atoms with Crippen molar-refractivity contribution in [3.63, 3.8) is 0 Å². The zero-order valence-corrected chi connectivity index (χ0v) is 24.6. The molecule has 0 atom stereocenters. The largest absolute Gasteiger partial charge is 0.508 e. The zero-order chi connectivity index (χ0) is 26.6. The van der Waals surface area contributed by atoms with E-state index in [0.717, 1.165) is 67.3 Å². The molecule has 0 aliphatic carbocycles. The van der Waals surface area contributed by atoms with Gasteiger partial charge in [0.2, 0.25) is 0 Å². The van der Waals surface area contributed by atoms with Gasteiger partial charge in [-0.1, -0.05) is 28.1 Å². The van der Waals surface area contributed by atoms with Gasteiger partial charge in [0.05, 0.1) is 13.2 Å². The van der Waals surface area contributed by atoms with Crippen LogP contribution in [-0.4, -0.2) is 67.5 Å². The number of hydrogen-bond donors (Lipinski definition) is 1. The smallest absolute Gasteiger partial charge is 0.119 e. The number of halogens is 1. The summed E-state index contributed by atoms with van der Waals surface area (Å²) in [4.78, 5) is 6.16. The van der Waals surface area contributed by atoms with Gasteiger partial charge in [-0.15, -0.1) is 11.3 Å². The van der Waals surface area contributed by atoms with E-state index in [1.54, 1.807) is 17.4 Å². The highest BCUT2D eigenvalue weighted by atomic mass is 79.9. The molecular weight excluding hydrogens is 572 g/mol. The van der Waals surface area contributed by atoms with Gasteiger partial charge in [0, 0.05) is 40.2 Å². The highest BCUT2D eigenvalue weighted by molar-refractivity contribution is 9.10. The number of thiophene rings is 1. The van der Waals surface area contributed by atoms with Gasteiger partial charge in [-0.2, -0.15) is 0 Å². The molecule has 2 aliphatic heterocycles. The topological polar surface area (TPSA) is 45.2 Å². The molecule has 2 saturated heterocycles. The van der Waals surface area contributed by atoms with Crippen LogP contribution in [0.4, 0.5) is 0 Å². The van der Waals surface area contributed by atoms with E-state index in [1.807, 2.05) is 6.07 Å². The van der Waals surface area contributed by atoms with Crippen molar-refractivity contribution in [3.05, 3.63) is 81.8 Å². The molecule has 2 aliphatic rings. The van der Waals surface area contributed by atoms with Gasteiger partial charge in [-0.05, 0) is 109 Å². The lowest BCUT2D eigenvalue weighted by molar-refractivity contribution is 0.0341. The summed E-state index contributed by atoms with van der Waals surface area (Å²) in [6, 6.07) is 21.0. The first kappa shape index (κ1) is 26.8. The maximum absolute atomic E-state index is 10.2. The molecule has 0 amide bonds. The number of hydrogen-bond acceptors (Lipinski definition) is 6. The number of phenols is 1. The fraction of sp³-hybridized carbons (Fsp3) is 0.375. The maximum atomic E-state index is 10.2. The first-order valence-electron chi connectivity index (χ1n) is 13.9. The number of benzene rings is 3. The molecule has 39 heavy (non-hydrogen) atoms. The number of rotatable bonds is 9. The molecule has 1 N–H and O–H groups in total. The van der Waals surface area contributed by atoms with Crippen LogP contribution in [0.1, 0.15) is 29.5 Å². The Bertz CT molecular complexity index is 1410. The maximum Gasteiger partial charge on any atom is 0.119 e. The van der Waals surface area contributed by atoms with Crippen molar-refractivity contribution >= 4 is 37.4 Å². The number of fused-ring (bicyclic) bond motifs is 1. The first-order valence-corrected chi connectivity index (χ1v) is 15.5. The molecule has 2 fully saturated rings. The minimum atomic E-state index is 0.304. The van der Waals surface area contributed by atoms with Crippen molar-refractivity contribution in [3.8, 4) is 21.9 Å². The third kappa shape index (κ3) is 6.50. The molecule has 7 heteroatoms. The van der Waals surface area contributed by atoms with E-state index in [0.29, 0.717) is 5.75 Å². The van der Waals surface area contributed by atoms with E-state index < -0.39 is 0 Å². The predicted octanol–water partition coefficient (Wildman–Crippen LogP) is 6.93. The molecule has 0 bridgehead atoms. The van der Waals surface area contributed by atoms with Gasteiger partial charge >= 0.3 is 0 Å². The number of ether oxygens (including phenoxy) is 2. The average molecular weight is 608 g/mol. The monoisotopic (exact) mass is 606 g/mol. The van der Waals surface area contributed by atoms with Gasteiger partial charge in [-0.3, -0.25) is 9.80 Å². The fourth-order valence-corrected chi connectivity index (χ4v) is 7.39. The number of aromatic hydroxyl groups is 1. The van der Waals surface area contributed by atoms with Crippen LogP contribution in [0.5, 0.6) is 11.5 Å². The molecule has 0 radical (unpaired) electrons. The van der Waals surface area contributed by atoms with Crippen molar-refractivity contribution in [2.45, 2.75) is 25.8 Å². The summed E-state index contributed by atoms with van der Waals surface area (Å²) in [6.45, 7) is 8.62. The molecule has 3 heterocycles. The van der Waals surface area contributed by atoms with Crippen molar-refractivity contribution in [1.29, 1.82) is 0 Å². The molecule has 1 aromatic heterocycles. The molecule has 0 saturated carbocycles. The Labute approximate surface area is 243 Å². The Morgan fingerprint density at radius 2 is 1.69 bits per heavy atom. The molecule has 204 valence electrons. The van der Waals surface area contributed by atoms with E-state index in [9.17, 15) is 5.11 Å². The van der Waals surface area contributed by atoms with E-state index in [1.165, 1.54) is 58.4 Å². The Morgan fingerprint density at radius 1 is 0.897 bits per heavy atom. The number of likely N-dealkylation sites (tertiary alicyclic amines) is 1. The molecule has 5 nitrogen and oxygen atoms in total. The Balaban J connectivity index is 1.22. The van der Waals surface area contributed by atoms with Crippen molar-refractivity contribution in [2.24, 2.45) is 0 Å². The molecule has 0 spiro atoms. The number of nitrogens with zero attached hydrogens (tertiary/aromatic N) is 2. The van der Waals surface area contributed by atoms with Crippen LogP contribution in [0.15, 0.2) is 65.1 Å².